The molecule has 20 heavy (non-hydrogen) atoms. The van der Waals surface area contributed by atoms with Gasteiger partial charge in [0.2, 0.25) is 0 Å². The molecule has 1 unspecified atom stereocenters. The molecule has 1 atom stereocenters. The Kier molecular flexibility index (Phi) is 6.96. The molecule has 3 nitrogen and oxygen atoms in total. The summed E-state index contributed by atoms with van der Waals surface area (Å²) in [6.07, 6.45) is 1.08. The van der Waals surface area contributed by atoms with Gasteiger partial charge in [0, 0.05) is 31.4 Å². The summed E-state index contributed by atoms with van der Waals surface area (Å²) >= 11 is 0. The highest BCUT2D eigenvalue weighted by Crippen LogP contribution is 2.27. The predicted molar refractivity (Wildman–Crippen MR) is 84.9 cm³/mol. The second-order valence-corrected chi connectivity index (χ2v) is 5.50. The topological polar surface area (TPSA) is 18.5 Å². The first-order valence-corrected chi connectivity index (χ1v) is 7.36. The van der Waals surface area contributed by atoms with E-state index in [-0.39, 0.29) is 11.9 Å². The number of nitrogens with zero attached hydrogens (tertiary/aromatic N) is 2. The maximum atomic E-state index is 13.6. The molecule has 114 valence electrons. The van der Waals surface area contributed by atoms with Gasteiger partial charge in [-0.05, 0) is 58.3 Å². The van der Waals surface area contributed by atoms with Crippen LogP contribution in [0.15, 0.2) is 18.2 Å². The maximum Gasteiger partial charge on any atom is 0.123 e. The number of anilines is 1. The number of hydrogen-bond acceptors (Lipinski definition) is 3. The zero-order chi connectivity index (χ0) is 15.1. The van der Waals surface area contributed by atoms with Crippen LogP contribution < -0.4 is 10.2 Å². The van der Waals surface area contributed by atoms with Crippen molar-refractivity contribution in [1.82, 2.24) is 10.2 Å². The minimum absolute atomic E-state index is 0.138. The van der Waals surface area contributed by atoms with Gasteiger partial charge in [0.15, 0.2) is 0 Å². The van der Waals surface area contributed by atoms with Gasteiger partial charge in [-0.3, -0.25) is 0 Å². The summed E-state index contributed by atoms with van der Waals surface area (Å²) in [4.78, 5) is 4.52. The number of hydrogen-bond donors (Lipinski definition) is 1. The van der Waals surface area contributed by atoms with Crippen LogP contribution in [0.25, 0.3) is 0 Å². The van der Waals surface area contributed by atoms with Crippen LogP contribution in [0.2, 0.25) is 0 Å². The van der Waals surface area contributed by atoms with E-state index in [1.54, 1.807) is 12.1 Å². The summed E-state index contributed by atoms with van der Waals surface area (Å²) in [5.74, 6) is -0.171. The number of nitrogens with one attached hydrogen (secondary N) is 1. The van der Waals surface area contributed by atoms with Crippen LogP contribution in [0.4, 0.5) is 10.1 Å². The Hall–Kier alpha value is -1.13. The first-order chi connectivity index (χ1) is 9.49. The Morgan fingerprint density at radius 3 is 2.45 bits per heavy atom. The molecule has 0 bridgehead atoms. The lowest BCUT2D eigenvalue weighted by Crippen LogP contribution is -2.33. The molecule has 1 rings (SSSR count). The highest BCUT2D eigenvalue weighted by Gasteiger charge is 2.15. The number of rotatable bonds is 8. The summed E-state index contributed by atoms with van der Waals surface area (Å²) in [6, 6.07) is 5.25. The van der Waals surface area contributed by atoms with Gasteiger partial charge < -0.3 is 15.1 Å². The van der Waals surface area contributed by atoms with Crippen LogP contribution in [-0.4, -0.2) is 45.7 Å². The standard InChI is InChI=1S/C16H28FN3/c1-6-9-20(11-10-19(4)5)16-8-7-14(17)12-15(16)13(2)18-3/h7-8,12-13,18H,6,9-11H2,1-5H3. The lowest BCUT2D eigenvalue weighted by molar-refractivity contribution is 0.412. The Morgan fingerprint density at radius 1 is 1.20 bits per heavy atom. The fourth-order valence-corrected chi connectivity index (χ4v) is 2.26. The zero-order valence-corrected chi connectivity index (χ0v) is 13.4. The molecule has 0 aliphatic rings. The molecule has 0 aromatic heterocycles. The van der Waals surface area contributed by atoms with Gasteiger partial charge in [0.1, 0.15) is 5.82 Å². The van der Waals surface area contributed by atoms with E-state index >= 15 is 0 Å². The Bertz CT molecular complexity index is 407. The molecule has 1 aromatic rings. The van der Waals surface area contributed by atoms with Crippen molar-refractivity contribution in [2.24, 2.45) is 0 Å². The zero-order valence-electron chi connectivity index (χ0n) is 13.4. The molecular formula is C16H28FN3. The number of benzene rings is 1. The SMILES string of the molecule is CCCN(CCN(C)C)c1ccc(F)cc1C(C)NC. The van der Waals surface area contributed by atoms with Crippen LogP contribution in [-0.2, 0) is 0 Å². The van der Waals surface area contributed by atoms with E-state index in [9.17, 15) is 4.39 Å². The maximum absolute atomic E-state index is 13.6. The van der Waals surface area contributed by atoms with Gasteiger partial charge in [0.25, 0.3) is 0 Å². The van der Waals surface area contributed by atoms with Crippen molar-refractivity contribution in [1.29, 1.82) is 0 Å². The first kappa shape index (κ1) is 16.9. The van der Waals surface area contributed by atoms with Crippen molar-refractivity contribution in [3.63, 3.8) is 0 Å². The Balaban J connectivity index is 3.04. The molecule has 4 heteroatoms. The van der Waals surface area contributed by atoms with E-state index in [4.69, 9.17) is 0 Å². The molecule has 0 saturated carbocycles. The van der Waals surface area contributed by atoms with Gasteiger partial charge in [0.05, 0.1) is 0 Å². The van der Waals surface area contributed by atoms with Crippen molar-refractivity contribution < 1.29 is 4.39 Å². The third-order valence-electron chi connectivity index (χ3n) is 3.54. The number of likely N-dealkylation sites (N-methyl/N-ethyl adjacent to an activating group) is 1. The highest BCUT2D eigenvalue weighted by molar-refractivity contribution is 5.55. The van der Waals surface area contributed by atoms with Crippen LogP contribution in [0.3, 0.4) is 0 Å². The number of halogens is 1. The minimum Gasteiger partial charge on any atom is -0.370 e. The summed E-state index contributed by atoms with van der Waals surface area (Å²) < 4.78 is 13.6. The molecule has 0 heterocycles. The van der Waals surface area contributed by atoms with Gasteiger partial charge in [-0.15, -0.1) is 0 Å². The average Bonchev–Trinajstić information content (AvgIpc) is 2.42. The molecule has 0 fully saturated rings. The molecule has 0 spiro atoms. The lowest BCUT2D eigenvalue weighted by Gasteiger charge is -2.29. The van der Waals surface area contributed by atoms with Crippen LogP contribution in [0.5, 0.6) is 0 Å². The van der Waals surface area contributed by atoms with Crippen molar-refractivity contribution in [2.75, 3.05) is 45.7 Å². The third-order valence-corrected chi connectivity index (χ3v) is 3.54. The van der Waals surface area contributed by atoms with Gasteiger partial charge in [-0.1, -0.05) is 6.92 Å². The van der Waals surface area contributed by atoms with E-state index in [2.05, 4.69) is 43.1 Å². The summed E-state index contributed by atoms with van der Waals surface area (Å²) in [5, 5.41) is 3.21. The highest BCUT2D eigenvalue weighted by atomic mass is 19.1. The molecule has 0 radical (unpaired) electrons. The molecule has 0 amide bonds. The molecule has 1 aromatic carbocycles. The van der Waals surface area contributed by atoms with Crippen LogP contribution >= 0.6 is 0 Å². The molecule has 0 aliphatic heterocycles. The van der Waals surface area contributed by atoms with Crippen LogP contribution in [0.1, 0.15) is 31.9 Å². The normalized spacial score (nSPS) is 12.8. The lowest BCUT2D eigenvalue weighted by atomic mass is 10.0. The monoisotopic (exact) mass is 281 g/mol. The Labute approximate surface area is 122 Å². The molecule has 0 saturated heterocycles. The summed E-state index contributed by atoms with van der Waals surface area (Å²) in [7, 11) is 6.06. The van der Waals surface area contributed by atoms with Crippen LogP contribution in [0, 0.1) is 5.82 Å². The van der Waals surface area contributed by atoms with Crippen molar-refractivity contribution in [3.05, 3.63) is 29.6 Å². The largest absolute Gasteiger partial charge is 0.370 e. The predicted octanol–water partition coefficient (Wildman–Crippen LogP) is 2.88. The molecular weight excluding hydrogens is 253 g/mol. The van der Waals surface area contributed by atoms with Gasteiger partial charge in [-0.2, -0.15) is 0 Å². The van der Waals surface area contributed by atoms with Crippen molar-refractivity contribution >= 4 is 5.69 Å². The van der Waals surface area contributed by atoms with Crippen molar-refractivity contribution in [3.8, 4) is 0 Å². The fourth-order valence-electron chi connectivity index (χ4n) is 2.26. The van der Waals surface area contributed by atoms with Crippen molar-refractivity contribution in [2.45, 2.75) is 26.3 Å². The smallest absolute Gasteiger partial charge is 0.123 e. The van der Waals surface area contributed by atoms with E-state index in [1.807, 2.05) is 13.1 Å². The van der Waals surface area contributed by atoms with E-state index in [0.717, 1.165) is 37.3 Å². The minimum atomic E-state index is -0.171. The van der Waals surface area contributed by atoms with Gasteiger partial charge in [-0.25, -0.2) is 4.39 Å². The Morgan fingerprint density at radius 2 is 1.90 bits per heavy atom. The average molecular weight is 281 g/mol. The fraction of sp³-hybridized carbons (Fsp3) is 0.625. The van der Waals surface area contributed by atoms with E-state index < -0.39 is 0 Å². The second kappa shape index (κ2) is 8.22. The quantitative estimate of drug-likeness (QED) is 0.790. The summed E-state index contributed by atoms with van der Waals surface area (Å²) in [6.45, 7) is 7.17. The summed E-state index contributed by atoms with van der Waals surface area (Å²) in [5.41, 5.74) is 2.16. The van der Waals surface area contributed by atoms with Gasteiger partial charge >= 0.3 is 0 Å². The van der Waals surface area contributed by atoms with E-state index in [1.165, 1.54) is 0 Å². The van der Waals surface area contributed by atoms with E-state index in [0.29, 0.717) is 0 Å². The third kappa shape index (κ3) is 4.76. The second-order valence-electron chi connectivity index (χ2n) is 5.50. The molecule has 0 aliphatic carbocycles. The first-order valence-electron chi connectivity index (χ1n) is 7.36. The molecule has 1 N–H and O–H groups in total.